The molecule has 0 aliphatic heterocycles. The molecule has 0 aliphatic rings. The minimum absolute atomic E-state index is 0.139. The zero-order valence-electron chi connectivity index (χ0n) is 15.1. The molecule has 0 saturated heterocycles. The summed E-state index contributed by atoms with van der Waals surface area (Å²) in [7, 11) is 0. The number of carbonyl (C=O) groups is 1. The molecule has 5 rings (SSSR count). The van der Waals surface area contributed by atoms with Gasteiger partial charge >= 0.3 is 5.97 Å². The summed E-state index contributed by atoms with van der Waals surface area (Å²) in [5, 5.41) is 12.5. The van der Waals surface area contributed by atoms with Crippen LogP contribution in [0.15, 0.2) is 53.2 Å². The molecule has 0 radical (unpaired) electrons. The van der Waals surface area contributed by atoms with Crippen LogP contribution in [0.1, 0.15) is 16.3 Å². The van der Waals surface area contributed by atoms with Crippen molar-refractivity contribution in [3.8, 4) is 22.3 Å². The third-order valence-corrected chi connectivity index (χ3v) is 5.76. The standard InChI is InChI=1S/C22H14Cl2N2O3/c1-10-17(11-8-25-15-6-2-4-13(23)18(11)15)20(21(29-10)22(27)28)12-9-26-16-7-3-5-14(24)19(12)16/h2-9,25-26H,1H3,(H,27,28). The van der Waals surface area contributed by atoms with E-state index in [-0.39, 0.29) is 5.76 Å². The Morgan fingerprint density at radius 1 is 0.897 bits per heavy atom. The lowest BCUT2D eigenvalue weighted by Gasteiger charge is -2.06. The molecule has 7 heteroatoms. The Balaban J connectivity index is 1.92. The third-order valence-electron chi connectivity index (χ3n) is 5.13. The predicted molar refractivity (Wildman–Crippen MR) is 115 cm³/mol. The maximum Gasteiger partial charge on any atom is 0.372 e. The van der Waals surface area contributed by atoms with Gasteiger partial charge in [-0.1, -0.05) is 35.3 Å². The van der Waals surface area contributed by atoms with Crippen LogP contribution >= 0.6 is 23.2 Å². The summed E-state index contributed by atoms with van der Waals surface area (Å²) in [6.07, 6.45) is 3.58. The van der Waals surface area contributed by atoms with Crippen LogP contribution in [0.4, 0.5) is 0 Å². The highest BCUT2D eigenvalue weighted by atomic mass is 35.5. The van der Waals surface area contributed by atoms with Crippen LogP contribution in [0.2, 0.25) is 10.0 Å². The molecule has 0 spiro atoms. The highest BCUT2D eigenvalue weighted by Crippen LogP contribution is 2.46. The molecule has 3 N–H and O–H groups in total. The number of H-pyrrole nitrogens is 2. The van der Waals surface area contributed by atoms with Crippen LogP contribution < -0.4 is 0 Å². The van der Waals surface area contributed by atoms with Gasteiger partial charge in [0.2, 0.25) is 5.76 Å². The summed E-state index contributed by atoms with van der Waals surface area (Å²) in [6.45, 7) is 1.75. The second-order valence-electron chi connectivity index (χ2n) is 6.77. The number of benzene rings is 2. The quantitative estimate of drug-likeness (QED) is 0.294. The second-order valence-corrected chi connectivity index (χ2v) is 7.59. The summed E-state index contributed by atoms with van der Waals surface area (Å²) in [6, 6.07) is 11.1. The van der Waals surface area contributed by atoms with E-state index in [2.05, 4.69) is 9.97 Å². The number of furan rings is 1. The SMILES string of the molecule is Cc1oc(C(=O)O)c(-c2c[nH]c3cccc(Cl)c23)c1-c1c[nH]c2cccc(Cl)c12. The van der Waals surface area contributed by atoms with E-state index in [1.807, 2.05) is 30.5 Å². The number of aryl methyl sites for hydroxylation is 1. The molecule has 29 heavy (non-hydrogen) atoms. The number of halogens is 2. The fraction of sp³-hybridized carbons (Fsp3) is 0.0455. The largest absolute Gasteiger partial charge is 0.475 e. The van der Waals surface area contributed by atoms with E-state index in [1.165, 1.54) is 0 Å². The average molecular weight is 425 g/mol. The second kappa shape index (κ2) is 6.44. The molecule has 144 valence electrons. The zero-order valence-corrected chi connectivity index (χ0v) is 16.7. The lowest BCUT2D eigenvalue weighted by molar-refractivity contribution is 0.0662. The first-order chi connectivity index (χ1) is 14.0. The fourth-order valence-electron chi connectivity index (χ4n) is 3.95. The predicted octanol–water partition coefficient (Wildman–Crippen LogP) is 6.89. The third kappa shape index (κ3) is 2.58. The van der Waals surface area contributed by atoms with E-state index >= 15 is 0 Å². The maximum atomic E-state index is 12.0. The van der Waals surface area contributed by atoms with Gasteiger partial charge in [-0.05, 0) is 31.2 Å². The smallest absolute Gasteiger partial charge is 0.372 e. The lowest BCUT2D eigenvalue weighted by Crippen LogP contribution is -1.96. The molecule has 3 aromatic heterocycles. The normalized spacial score (nSPS) is 11.6. The number of aromatic amines is 2. The van der Waals surface area contributed by atoms with E-state index < -0.39 is 5.97 Å². The first-order valence-electron chi connectivity index (χ1n) is 8.86. The molecule has 5 aromatic rings. The zero-order chi connectivity index (χ0) is 20.3. The molecule has 0 fully saturated rings. The molecular weight excluding hydrogens is 411 g/mol. The van der Waals surface area contributed by atoms with Crippen LogP contribution in [0.5, 0.6) is 0 Å². The number of aromatic nitrogens is 2. The van der Waals surface area contributed by atoms with E-state index in [9.17, 15) is 9.90 Å². The Bertz CT molecular complexity index is 1430. The van der Waals surface area contributed by atoms with Gasteiger partial charge < -0.3 is 19.5 Å². The first kappa shape index (κ1) is 17.9. The summed E-state index contributed by atoms with van der Waals surface area (Å²) in [4.78, 5) is 18.4. The molecule has 0 saturated carbocycles. The number of fused-ring (bicyclic) bond motifs is 2. The van der Waals surface area contributed by atoms with Gasteiger partial charge in [-0.2, -0.15) is 0 Å². The van der Waals surface area contributed by atoms with Crippen LogP contribution in [-0.4, -0.2) is 21.0 Å². The van der Waals surface area contributed by atoms with Crippen molar-refractivity contribution in [3.05, 3.63) is 70.4 Å². The van der Waals surface area contributed by atoms with Gasteiger partial charge in [0.05, 0.1) is 10.0 Å². The molecule has 2 aromatic carbocycles. The molecule has 3 heterocycles. The summed E-state index contributed by atoms with van der Waals surface area (Å²) >= 11 is 12.9. The van der Waals surface area contributed by atoms with E-state index in [0.29, 0.717) is 32.5 Å². The van der Waals surface area contributed by atoms with Crippen molar-refractivity contribution in [1.29, 1.82) is 0 Å². The number of aromatic carboxylic acids is 1. The van der Waals surface area contributed by atoms with Gasteiger partial charge in [0.25, 0.3) is 0 Å². The summed E-state index contributed by atoms with van der Waals surface area (Å²) in [5.74, 6) is -0.805. The minimum Gasteiger partial charge on any atom is -0.475 e. The Kier molecular flexibility index (Phi) is 3.98. The monoisotopic (exact) mass is 424 g/mol. The van der Waals surface area contributed by atoms with Gasteiger partial charge in [0, 0.05) is 56.5 Å². The molecule has 0 atom stereocenters. The van der Waals surface area contributed by atoms with Gasteiger partial charge in [-0.15, -0.1) is 0 Å². The highest BCUT2D eigenvalue weighted by molar-refractivity contribution is 6.37. The van der Waals surface area contributed by atoms with Gasteiger partial charge in [0.15, 0.2) is 0 Å². The van der Waals surface area contributed by atoms with Crippen LogP contribution in [-0.2, 0) is 0 Å². The molecule has 5 nitrogen and oxygen atoms in total. The van der Waals surface area contributed by atoms with Crippen molar-refractivity contribution >= 4 is 51.0 Å². The number of carboxylic acids is 1. The summed E-state index contributed by atoms with van der Waals surface area (Å²) in [5.41, 5.74) is 4.24. The maximum absolute atomic E-state index is 12.0. The van der Waals surface area contributed by atoms with Crippen molar-refractivity contribution in [2.75, 3.05) is 0 Å². The number of hydrogen-bond donors (Lipinski definition) is 3. The molecule has 0 unspecified atom stereocenters. The molecule has 0 amide bonds. The fourth-order valence-corrected chi connectivity index (χ4v) is 4.50. The average Bonchev–Trinajstić information content (AvgIpc) is 3.37. The van der Waals surface area contributed by atoms with Crippen molar-refractivity contribution in [2.45, 2.75) is 6.92 Å². The highest BCUT2D eigenvalue weighted by Gasteiger charge is 2.29. The van der Waals surface area contributed by atoms with Gasteiger partial charge in [-0.3, -0.25) is 0 Å². The van der Waals surface area contributed by atoms with Crippen molar-refractivity contribution < 1.29 is 14.3 Å². The Morgan fingerprint density at radius 2 is 1.41 bits per heavy atom. The Labute approximate surface area is 174 Å². The Morgan fingerprint density at radius 3 is 1.93 bits per heavy atom. The lowest BCUT2D eigenvalue weighted by atomic mass is 9.94. The summed E-state index contributed by atoms with van der Waals surface area (Å²) < 4.78 is 5.72. The molecular formula is C22H14Cl2N2O3. The van der Waals surface area contributed by atoms with Crippen molar-refractivity contribution in [3.63, 3.8) is 0 Å². The van der Waals surface area contributed by atoms with Gasteiger partial charge in [-0.25, -0.2) is 4.79 Å². The van der Waals surface area contributed by atoms with E-state index in [0.717, 1.165) is 27.4 Å². The molecule has 0 bridgehead atoms. The van der Waals surface area contributed by atoms with Crippen molar-refractivity contribution in [2.24, 2.45) is 0 Å². The molecule has 0 aliphatic carbocycles. The van der Waals surface area contributed by atoms with Crippen LogP contribution in [0, 0.1) is 6.92 Å². The first-order valence-corrected chi connectivity index (χ1v) is 9.61. The number of nitrogens with one attached hydrogen (secondary N) is 2. The topological polar surface area (TPSA) is 82.0 Å². The number of hydrogen-bond acceptors (Lipinski definition) is 2. The van der Waals surface area contributed by atoms with Gasteiger partial charge in [0.1, 0.15) is 5.76 Å². The number of carboxylic acid groups (broad SMARTS) is 1. The Hall–Kier alpha value is -3.15. The van der Waals surface area contributed by atoms with Crippen molar-refractivity contribution in [1.82, 2.24) is 9.97 Å². The minimum atomic E-state index is -1.15. The van der Waals surface area contributed by atoms with Crippen LogP contribution in [0.25, 0.3) is 44.1 Å². The number of rotatable bonds is 3. The van der Waals surface area contributed by atoms with E-state index in [4.69, 9.17) is 27.6 Å². The van der Waals surface area contributed by atoms with E-state index in [1.54, 1.807) is 25.3 Å². The van der Waals surface area contributed by atoms with Crippen LogP contribution in [0.3, 0.4) is 0 Å².